The van der Waals surface area contributed by atoms with Gasteiger partial charge in [-0.25, -0.2) is 4.68 Å². The third kappa shape index (κ3) is 4.99. The van der Waals surface area contributed by atoms with Gasteiger partial charge >= 0.3 is 12.4 Å². The number of alkyl halides is 6. The molecule has 0 aliphatic heterocycles. The van der Waals surface area contributed by atoms with Crippen LogP contribution in [0.5, 0.6) is 0 Å². The van der Waals surface area contributed by atoms with Crippen molar-refractivity contribution in [2.24, 2.45) is 0 Å². The number of hydrogen-bond acceptors (Lipinski definition) is 5. The van der Waals surface area contributed by atoms with E-state index in [4.69, 9.17) is 16.1 Å². The molecule has 0 aliphatic carbocycles. The molecule has 6 nitrogen and oxygen atoms in total. The quantitative estimate of drug-likeness (QED) is 0.214. The summed E-state index contributed by atoms with van der Waals surface area (Å²) in [5.41, 5.74) is -0.887. The number of benzene rings is 2. The van der Waals surface area contributed by atoms with Gasteiger partial charge in [-0.3, -0.25) is 4.98 Å². The van der Waals surface area contributed by atoms with Crippen molar-refractivity contribution in [3.8, 4) is 33.8 Å². The average Bonchev–Trinajstić information content (AvgIpc) is 3.51. The van der Waals surface area contributed by atoms with Gasteiger partial charge in [-0.2, -0.15) is 26.3 Å². The van der Waals surface area contributed by atoms with E-state index in [1.54, 1.807) is 36.4 Å². The van der Waals surface area contributed by atoms with Crippen LogP contribution in [0.2, 0.25) is 5.02 Å². The minimum absolute atomic E-state index is 0.0747. The van der Waals surface area contributed by atoms with Crippen LogP contribution >= 0.6 is 11.6 Å². The van der Waals surface area contributed by atoms with E-state index in [-0.39, 0.29) is 28.7 Å². The first-order valence-electron chi connectivity index (χ1n) is 10.8. The zero-order chi connectivity index (χ0) is 27.1. The van der Waals surface area contributed by atoms with Crippen molar-refractivity contribution >= 4 is 11.6 Å². The lowest BCUT2D eigenvalue weighted by Gasteiger charge is -2.15. The summed E-state index contributed by atoms with van der Waals surface area (Å²) in [7, 11) is 0. The Bertz CT molecular complexity index is 1560. The maximum Gasteiger partial charge on any atom is 0.416 e. The Balaban J connectivity index is 1.66. The molecule has 3 heterocycles. The summed E-state index contributed by atoms with van der Waals surface area (Å²) in [6, 6.07) is 11.5. The third-order valence-corrected chi connectivity index (χ3v) is 5.96. The van der Waals surface area contributed by atoms with Crippen LogP contribution in [0, 0.1) is 0 Å². The molecule has 13 heteroatoms. The highest BCUT2D eigenvalue weighted by molar-refractivity contribution is 6.33. The van der Waals surface area contributed by atoms with Crippen molar-refractivity contribution in [3.05, 3.63) is 95.0 Å². The molecule has 0 N–H and O–H groups in total. The monoisotopic (exact) mass is 549 g/mol. The Kier molecular flexibility index (Phi) is 6.43. The summed E-state index contributed by atoms with van der Waals surface area (Å²) >= 11 is 6.34. The lowest BCUT2D eigenvalue weighted by atomic mass is 10.0. The maximum absolute atomic E-state index is 13.4. The van der Waals surface area contributed by atoms with E-state index < -0.39 is 30.0 Å². The van der Waals surface area contributed by atoms with E-state index in [9.17, 15) is 26.3 Å². The molecule has 0 atom stereocenters. The number of hydrogen-bond donors (Lipinski definition) is 0. The van der Waals surface area contributed by atoms with Gasteiger partial charge in [0.15, 0.2) is 0 Å². The molecule has 5 aromatic rings. The molecule has 0 saturated carbocycles. The fourth-order valence-corrected chi connectivity index (χ4v) is 4.18. The van der Waals surface area contributed by atoms with Crippen molar-refractivity contribution in [2.45, 2.75) is 18.9 Å². The van der Waals surface area contributed by atoms with Crippen molar-refractivity contribution in [1.82, 2.24) is 25.1 Å². The molecule has 38 heavy (non-hydrogen) atoms. The molecule has 0 bridgehead atoms. The number of pyridine rings is 1. The normalized spacial score (nSPS) is 12.2. The van der Waals surface area contributed by atoms with E-state index in [2.05, 4.69) is 20.5 Å². The zero-order valence-corrected chi connectivity index (χ0v) is 19.7. The Hall–Kier alpha value is -4.19. The first-order chi connectivity index (χ1) is 18.0. The Labute approximate surface area is 215 Å². The van der Waals surface area contributed by atoms with E-state index in [0.717, 1.165) is 0 Å². The summed E-state index contributed by atoms with van der Waals surface area (Å²) in [6.07, 6.45) is -5.67. The predicted molar refractivity (Wildman–Crippen MR) is 125 cm³/mol. The molecule has 3 aromatic heterocycles. The molecule has 0 aliphatic rings. The molecular formula is C25H14ClF6N5O. The summed E-state index contributed by atoms with van der Waals surface area (Å²) in [4.78, 5) is 3.96. The molecule has 0 saturated heterocycles. The lowest BCUT2D eigenvalue weighted by molar-refractivity contribution is -0.143. The van der Waals surface area contributed by atoms with Gasteiger partial charge in [-0.1, -0.05) is 40.2 Å². The topological polar surface area (TPSA) is 69.6 Å². The number of nitrogens with zero attached hydrogens (tertiary/aromatic N) is 5. The van der Waals surface area contributed by atoms with E-state index in [1.165, 1.54) is 23.3 Å². The summed E-state index contributed by atoms with van der Waals surface area (Å²) in [5, 5.41) is 12.7. The SMILES string of the molecule is FC(F)(F)c1cc(Cn2nnc(-c3nocc3-c3ccccc3Cl)c2-c2ccncc2)cc(C(F)(F)F)c1. The number of halogens is 7. The van der Waals surface area contributed by atoms with Gasteiger partial charge in [-0.05, 0) is 42.0 Å². The van der Waals surface area contributed by atoms with Crippen molar-refractivity contribution < 1.29 is 30.9 Å². The van der Waals surface area contributed by atoms with Gasteiger partial charge < -0.3 is 4.52 Å². The molecule has 0 fully saturated rings. The fraction of sp³-hybridized carbons (Fsp3) is 0.120. The molecule has 0 amide bonds. The van der Waals surface area contributed by atoms with Gasteiger partial charge in [0.2, 0.25) is 0 Å². The van der Waals surface area contributed by atoms with E-state index in [0.29, 0.717) is 33.8 Å². The van der Waals surface area contributed by atoms with Crippen LogP contribution in [0.4, 0.5) is 26.3 Å². The highest BCUT2D eigenvalue weighted by atomic mass is 35.5. The largest absolute Gasteiger partial charge is 0.416 e. The van der Waals surface area contributed by atoms with Crippen LogP contribution in [-0.4, -0.2) is 25.1 Å². The van der Waals surface area contributed by atoms with E-state index in [1.807, 2.05) is 0 Å². The number of rotatable bonds is 5. The van der Waals surface area contributed by atoms with Crippen molar-refractivity contribution in [3.63, 3.8) is 0 Å². The molecule has 194 valence electrons. The Morgan fingerprint density at radius 2 is 1.47 bits per heavy atom. The fourth-order valence-electron chi connectivity index (χ4n) is 3.94. The second-order valence-corrected chi connectivity index (χ2v) is 8.56. The van der Waals surface area contributed by atoms with Crippen LogP contribution in [0.3, 0.4) is 0 Å². The van der Waals surface area contributed by atoms with Gasteiger partial charge in [-0.15, -0.1) is 5.10 Å². The third-order valence-electron chi connectivity index (χ3n) is 5.63. The molecule has 0 spiro atoms. The summed E-state index contributed by atoms with van der Waals surface area (Å²) in [5.74, 6) is 0. The van der Waals surface area contributed by atoms with Crippen LogP contribution < -0.4 is 0 Å². The van der Waals surface area contributed by atoms with Crippen molar-refractivity contribution in [2.75, 3.05) is 0 Å². The van der Waals surface area contributed by atoms with Gasteiger partial charge in [0.05, 0.1) is 28.9 Å². The lowest BCUT2D eigenvalue weighted by Crippen LogP contribution is -2.13. The van der Waals surface area contributed by atoms with Crippen LogP contribution in [0.25, 0.3) is 33.8 Å². The van der Waals surface area contributed by atoms with Crippen LogP contribution in [0.1, 0.15) is 16.7 Å². The van der Waals surface area contributed by atoms with Gasteiger partial charge in [0.25, 0.3) is 0 Å². The molecule has 5 rings (SSSR count). The Morgan fingerprint density at radius 3 is 2.11 bits per heavy atom. The van der Waals surface area contributed by atoms with Crippen LogP contribution in [-0.2, 0) is 18.9 Å². The maximum atomic E-state index is 13.4. The first-order valence-corrected chi connectivity index (χ1v) is 11.2. The minimum Gasteiger partial charge on any atom is -0.363 e. The van der Waals surface area contributed by atoms with Gasteiger partial charge in [0.1, 0.15) is 17.7 Å². The smallest absolute Gasteiger partial charge is 0.363 e. The second-order valence-electron chi connectivity index (χ2n) is 8.15. The van der Waals surface area contributed by atoms with E-state index >= 15 is 0 Å². The van der Waals surface area contributed by atoms with Crippen molar-refractivity contribution in [1.29, 1.82) is 0 Å². The molecule has 0 unspecified atom stereocenters. The zero-order valence-electron chi connectivity index (χ0n) is 18.9. The molecular weight excluding hydrogens is 536 g/mol. The summed E-state index contributed by atoms with van der Waals surface area (Å²) in [6.45, 7) is -0.447. The first kappa shape index (κ1) is 25.5. The number of aromatic nitrogens is 5. The van der Waals surface area contributed by atoms with Crippen LogP contribution in [0.15, 0.2) is 77.8 Å². The van der Waals surface area contributed by atoms with Gasteiger partial charge in [0, 0.05) is 28.5 Å². The highest BCUT2D eigenvalue weighted by Crippen LogP contribution is 2.40. The standard InChI is InChI=1S/C25H14ClF6N5O/c26-20-4-2-1-3-18(20)19-13-38-35-21(19)22-23(15-5-7-33-8-6-15)37(36-34-22)12-14-9-16(24(27,28)29)11-17(10-14)25(30,31)32/h1-11,13H,12H2. The summed E-state index contributed by atoms with van der Waals surface area (Å²) < 4.78 is 86.8. The highest BCUT2D eigenvalue weighted by Gasteiger charge is 2.37. The second kappa shape index (κ2) is 9.60. The molecule has 2 aromatic carbocycles. The Morgan fingerprint density at radius 1 is 0.816 bits per heavy atom. The average molecular weight is 550 g/mol. The minimum atomic E-state index is -4.98. The molecule has 0 radical (unpaired) electrons. The predicted octanol–water partition coefficient (Wildman–Crippen LogP) is 7.40.